The second-order valence-corrected chi connectivity index (χ2v) is 5.01. The first-order valence-electron chi connectivity index (χ1n) is 7.24. The zero-order valence-electron chi connectivity index (χ0n) is 12.0. The molecule has 0 saturated heterocycles. The highest BCUT2D eigenvalue weighted by molar-refractivity contribution is 5.39. The van der Waals surface area contributed by atoms with Crippen LogP contribution in [-0.4, -0.2) is 11.5 Å². The molecule has 0 spiro atoms. The van der Waals surface area contributed by atoms with Crippen LogP contribution >= 0.6 is 0 Å². The lowest BCUT2D eigenvalue weighted by atomic mass is 10.1. The van der Waals surface area contributed by atoms with Crippen LogP contribution in [-0.2, 0) is 13.0 Å². The Morgan fingerprint density at radius 2 is 1.67 bits per heavy atom. The van der Waals surface area contributed by atoms with Crippen molar-refractivity contribution >= 4 is 5.69 Å². The second kappa shape index (κ2) is 8.17. The number of rotatable bonds is 8. The second-order valence-electron chi connectivity index (χ2n) is 5.01. The van der Waals surface area contributed by atoms with Gasteiger partial charge in [-0.25, -0.2) is 0 Å². The number of aryl methyl sites for hydroxylation is 1. The van der Waals surface area contributed by atoms with E-state index in [-0.39, 0.29) is 10.6 Å². The summed E-state index contributed by atoms with van der Waals surface area (Å²) >= 11 is 0. The SMILES string of the molecule is O=[N+]([O-])c1ccccc1CNCCCCc1ccccc1. The molecule has 0 aliphatic heterocycles. The summed E-state index contributed by atoms with van der Waals surface area (Å²) in [5.41, 5.74) is 2.29. The number of hydrogen-bond acceptors (Lipinski definition) is 3. The fourth-order valence-electron chi connectivity index (χ4n) is 2.29. The van der Waals surface area contributed by atoms with Gasteiger partial charge >= 0.3 is 0 Å². The first kappa shape index (κ1) is 15.2. The van der Waals surface area contributed by atoms with Gasteiger partial charge in [0, 0.05) is 18.2 Å². The zero-order chi connectivity index (χ0) is 14.9. The van der Waals surface area contributed by atoms with Crippen molar-refractivity contribution in [1.29, 1.82) is 0 Å². The smallest absolute Gasteiger partial charge is 0.273 e. The number of benzene rings is 2. The third kappa shape index (κ3) is 5.00. The highest BCUT2D eigenvalue weighted by Gasteiger charge is 2.10. The lowest BCUT2D eigenvalue weighted by Crippen LogP contribution is -2.15. The van der Waals surface area contributed by atoms with Crippen molar-refractivity contribution in [1.82, 2.24) is 5.32 Å². The lowest BCUT2D eigenvalue weighted by molar-refractivity contribution is -0.385. The minimum absolute atomic E-state index is 0.189. The zero-order valence-corrected chi connectivity index (χ0v) is 12.0. The number of para-hydroxylation sites is 1. The number of nitrogens with one attached hydrogen (secondary N) is 1. The maximum Gasteiger partial charge on any atom is 0.273 e. The molecule has 0 heterocycles. The predicted molar refractivity (Wildman–Crippen MR) is 84.2 cm³/mol. The first-order chi connectivity index (χ1) is 10.3. The van der Waals surface area contributed by atoms with E-state index < -0.39 is 0 Å². The quantitative estimate of drug-likeness (QED) is 0.457. The Kier molecular flexibility index (Phi) is 5.91. The molecule has 0 aromatic heterocycles. The fraction of sp³-hybridized carbons (Fsp3) is 0.294. The van der Waals surface area contributed by atoms with Gasteiger partial charge in [0.05, 0.1) is 4.92 Å². The third-order valence-electron chi connectivity index (χ3n) is 3.42. The average molecular weight is 284 g/mol. The Bertz CT molecular complexity index is 570. The van der Waals surface area contributed by atoms with Gasteiger partial charge in [-0.05, 0) is 31.4 Å². The van der Waals surface area contributed by atoms with Gasteiger partial charge in [0.15, 0.2) is 0 Å². The average Bonchev–Trinajstić information content (AvgIpc) is 2.52. The first-order valence-corrected chi connectivity index (χ1v) is 7.24. The molecule has 0 amide bonds. The van der Waals surface area contributed by atoms with Crippen LogP contribution in [0.15, 0.2) is 54.6 Å². The van der Waals surface area contributed by atoms with Crippen LogP contribution in [0.2, 0.25) is 0 Å². The van der Waals surface area contributed by atoms with Gasteiger partial charge in [0.2, 0.25) is 0 Å². The fourth-order valence-corrected chi connectivity index (χ4v) is 2.29. The lowest BCUT2D eigenvalue weighted by Gasteiger charge is -2.06. The van der Waals surface area contributed by atoms with Gasteiger partial charge in [0.25, 0.3) is 5.69 Å². The summed E-state index contributed by atoms with van der Waals surface area (Å²) in [6.07, 6.45) is 3.26. The van der Waals surface area contributed by atoms with Gasteiger partial charge in [-0.2, -0.15) is 0 Å². The van der Waals surface area contributed by atoms with Gasteiger partial charge in [-0.1, -0.05) is 48.5 Å². The largest absolute Gasteiger partial charge is 0.312 e. The van der Waals surface area contributed by atoms with Crippen LogP contribution in [0.4, 0.5) is 5.69 Å². The van der Waals surface area contributed by atoms with E-state index in [4.69, 9.17) is 0 Å². The van der Waals surface area contributed by atoms with Crippen molar-refractivity contribution in [2.24, 2.45) is 0 Å². The molecule has 0 aliphatic carbocycles. The summed E-state index contributed by atoms with van der Waals surface area (Å²) in [5, 5.41) is 14.2. The Hall–Kier alpha value is -2.20. The summed E-state index contributed by atoms with van der Waals surface area (Å²) in [5.74, 6) is 0. The Morgan fingerprint density at radius 1 is 0.952 bits per heavy atom. The van der Waals surface area contributed by atoms with E-state index in [1.54, 1.807) is 18.2 Å². The third-order valence-corrected chi connectivity index (χ3v) is 3.42. The molecule has 4 heteroatoms. The summed E-state index contributed by atoms with van der Waals surface area (Å²) in [6, 6.07) is 17.3. The molecule has 0 bridgehead atoms. The van der Waals surface area contributed by atoms with E-state index in [2.05, 4.69) is 29.6 Å². The number of unbranched alkanes of at least 4 members (excludes halogenated alkanes) is 1. The van der Waals surface area contributed by atoms with E-state index in [0.717, 1.165) is 31.4 Å². The van der Waals surface area contributed by atoms with E-state index >= 15 is 0 Å². The van der Waals surface area contributed by atoms with Crippen molar-refractivity contribution in [3.8, 4) is 0 Å². The van der Waals surface area contributed by atoms with Crippen LogP contribution < -0.4 is 5.32 Å². The maximum absolute atomic E-state index is 10.9. The standard InChI is InChI=1S/C17H20N2O2/c20-19(21)17-12-5-4-11-16(17)14-18-13-7-6-10-15-8-2-1-3-9-15/h1-5,8-9,11-12,18H,6-7,10,13-14H2. The van der Waals surface area contributed by atoms with Gasteiger partial charge < -0.3 is 5.32 Å². The van der Waals surface area contributed by atoms with Gasteiger partial charge in [0.1, 0.15) is 0 Å². The van der Waals surface area contributed by atoms with E-state index in [1.165, 1.54) is 5.56 Å². The van der Waals surface area contributed by atoms with Crippen molar-refractivity contribution < 1.29 is 4.92 Å². The number of nitro groups is 1. The van der Waals surface area contributed by atoms with E-state index in [1.807, 2.05) is 12.1 Å². The van der Waals surface area contributed by atoms with Crippen LogP contribution in [0.3, 0.4) is 0 Å². The Balaban J connectivity index is 1.67. The maximum atomic E-state index is 10.9. The number of nitrogens with zero attached hydrogens (tertiary/aromatic N) is 1. The molecular formula is C17H20N2O2. The Labute approximate surface area is 125 Å². The molecule has 2 aromatic carbocycles. The van der Waals surface area contributed by atoms with Crippen LogP contribution in [0, 0.1) is 10.1 Å². The predicted octanol–water partition coefficient (Wildman–Crippen LogP) is 3.71. The molecule has 0 atom stereocenters. The van der Waals surface area contributed by atoms with Crippen molar-refractivity contribution in [2.45, 2.75) is 25.8 Å². The number of nitro benzene ring substituents is 1. The molecule has 2 rings (SSSR count). The molecule has 0 saturated carbocycles. The monoisotopic (exact) mass is 284 g/mol. The summed E-state index contributed by atoms with van der Waals surface area (Å²) < 4.78 is 0. The van der Waals surface area contributed by atoms with E-state index in [9.17, 15) is 10.1 Å². The highest BCUT2D eigenvalue weighted by atomic mass is 16.6. The highest BCUT2D eigenvalue weighted by Crippen LogP contribution is 2.17. The van der Waals surface area contributed by atoms with Crippen LogP contribution in [0.1, 0.15) is 24.0 Å². The molecule has 2 aromatic rings. The van der Waals surface area contributed by atoms with Crippen LogP contribution in [0.25, 0.3) is 0 Å². The molecule has 1 N–H and O–H groups in total. The molecule has 0 radical (unpaired) electrons. The minimum Gasteiger partial charge on any atom is -0.312 e. The molecule has 21 heavy (non-hydrogen) atoms. The van der Waals surface area contributed by atoms with Crippen molar-refractivity contribution in [3.05, 3.63) is 75.8 Å². The van der Waals surface area contributed by atoms with Gasteiger partial charge in [-0.15, -0.1) is 0 Å². The van der Waals surface area contributed by atoms with Crippen molar-refractivity contribution in [3.63, 3.8) is 0 Å². The molecule has 110 valence electrons. The summed E-state index contributed by atoms with van der Waals surface area (Å²) in [4.78, 5) is 10.6. The summed E-state index contributed by atoms with van der Waals surface area (Å²) in [7, 11) is 0. The molecular weight excluding hydrogens is 264 g/mol. The number of hydrogen-bond donors (Lipinski definition) is 1. The molecule has 0 unspecified atom stereocenters. The molecule has 0 fully saturated rings. The molecule has 4 nitrogen and oxygen atoms in total. The molecule has 0 aliphatic rings. The minimum atomic E-state index is -0.327. The van der Waals surface area contributed by atoms with E-state index in [0.29, 0.717) is 6.54 Å². The van der Waals surface area contributed by atoms with Crippen LogP contribution in [0.5, 0.6) is 0 Å². The normalized spacial score (nSPS) is 10.5. The van der Waals surface area contributed by atoms with Gasteiger partial charge in [-0.3, -0.25) is 10.1 Å². The Morgan fingerprint density at radius 3 is 2.43 bits per heavy atom. The topological polar surface area (TPSA) is 55.2 Å². The van der Waals surface area contributed by atoms with Crippen molar-refractivity contribution in [2.75, 3.05) is 6.54 Å². The summed E-state index contributed by atoms with van der Waals surface area (Å²) in [6.45, 7) is 1.42.